The van der Waals surface area contributed by atoms with E-state index in [0.717, 1.165) is 98.4 Å². The Balaban J connectivity index is 0.000000134. The van der Waals surface area contributed by atoms with Crippen molar-refractivity contribution in [1.82, 2.24) is 39.9 Å². The van der Waals surface area contributed by atoms with E-state index in [2.05, 4.69) is 121 Å². The molecule has 12 aromatic carbocycles. The van der Waals surface area contributed by atoms with Gasteiger partial charge in [0.25, 0.3) is 24.0 Å². The molecule has 1 saturated heterocycles. The molecule has 0 bridgehead atoms. The van der Waals surface area contributed by atoms with Gasteiger partial charge in [0.1, 0.15) is 34.6 Å². The van der Waals surface area contributed by atoms with Gasteiger partial charge in [0.05, 0.1) is 72.4 Å². The van der Waals surface area contributed by atoms with E-state index in [0.29, 0.717) is 94.9 Å². The van der Waals surface area contributed by atoms with Crippen LogP contribution < -0.4 is 23.8 Å². The van der Waals surface area contributed by atoms with E-state index < -0.39 is 5.82 Å². The summed E-state index contributed by atoms with van der Waals surface area (Å²) >= 11 is 19.6. The lowest BCUT2D eigenvalue weighted by molar-refractivity contribution is -0.191. The second-order valence-corrected chi connectivity index (χ2v) is 30.4. The molecule has 2 fully saturated rings. The number of halogens is 5. The predicted octanol–water partition coefficient (Wildman–Crippen LogP) is 25.0. The van der Waals surface area contributed by atoms with Crippen LogP contribution in [0.2, 0.25) is 15.1 Å². The Morgan fingerprint density at radius 2 is 0.752 bits per heavy atom. The van der Waals surface area contributed by atoms with Crippen molar-refractivity contribution in [2.75, 3.05) is 24.6 Å². The lowest BCUT2D eigenvalue weighted by atomic mass is 9.94. The summed E-state index contributed by atoms with van der Waals surface area (Å²) < 4.78 is 52.4. The number of aryl methyl sites for hydroxylation is 8. The maximum atomic E-state index is 14.5. The van der Waals surface area contributed by atoms with E-state index in [1.165, 1.54) is 69.6 Å². The molecule has 117 heavy (non-hydrogen) atoms. The van der Waals surface area contributed by atoms with E-state index in [1.807, 2.05) is 155 Å². The first-order valence-electron chi connectivity index (χ1n) is 37.8. The number of hydrogen-bond donors (Lipinski definition) is 6. The molecule has 0 spiro atoms. The number of hydrogen-bond acceptors (Lipinski definition) is 13. The van der Waals surface area contributed by atoms with Gasteiger partial charge in [-0.15, -0.1) is 0 Å². The number of anilines is 1. The lowest BCUT2D eigenvalue weighted by Crippen LogP contribution is -2.17. The molecule has 18 rings (SSSR count). The van der Waals surface area contributed by atoms with Gasteiger partial charge in [-0.3, -0.25) is 0 Å². The van der Waals surface area contributed by atoms with Crippen molar-refractivity contribution < 1.29 is 47.5 Å². The molecule has 6 N–H and O–H groups in total. The van der Waals surface area contributed by atoms with Crippen molar-refractivity contribution in [1.29, 1.82) is 0 Å². The smallest absolute Gasteiger partial charge is 0.373 e. The Kier molecular flexibility index (Phi) is 25.5. The Bertz CT molecular complexity index is 6310. The Hall–Kier alpha value is -12.5. The summed E-state index contributed by atoms with van der Waals surface area (Å²) in [4.78, 5) is 49.3. The monoisotopic (exact) mass is 1620 g/mol. The number of rotatable bonds is 16. The number of nitrogens with one attached hydrogen (secondary N) is 4. The minimum Gasteiger partial charge on any atom is -0.426 e. The maximum Gasteiger partial charge on any atom is 0.373 e. The molecule has 1 saturated carbocycles. The Morgan fingerprint density at radius 1 is 0.402 bits per heavy atom. The summed E-state index contributed by atoms with van der Waals surface area (Å²) in [5, 5.41) is 20.5. The van der Waals surface area contributed by atoms with Gasteiger partial charge in [-0.05, 0) is 263 Å². The molecular formula is C95H86Cl3F2N9O8. The number of H-pyrrole nitrogens is 4. The lowest BCUT2D eigenvalue weighted by Gasteiger charge is -2.17. The summed E-state index contributed by atoms with van der Waals surface area (Å²) in [7, 11) is 0. The van der Waals surface area contributed by atoms with Crippen LogP contribution in [0, 0.1) is 67.0 Å². The highest BCUT2D eigenvalue weighted by atomic mass is 35.5. The molecule has 2 aliphatic rings. The number of benzene rings is 12. The zero-order chi connectivity index (χ0) is 81.5. The van der Waals surface area contributed by atoms with E-state index >= 15 is 0 Å². The summed E-state index contributed by atoms with van der Waals surface area (Å²) in [5.74, 6) is 2.15. The number of aliphatic hydroxyl groups excluding tert-OH is 2. The number of aromatic amines is 4. The molecule has 5 heterocycles. The van der Waals surface area contributed by atoms with Crippen LogP contribution >= 0.6 is 34.8 Å². The fourth-order valence-electron chi connectivity index (χ4n) is 13.7. The fourth-order valence-corrected chi connectivity index (χ4v) is 14.5. The summed E-state index contributed by atoms with van der Waals surface area (Å²) in [6, 6.07) is 70.6. The standard InChI is InChI=1S/C25H24ClN3O.C25H23ClN2O2.C22H18ClFN2O2.C21H17FN2O.CO2.CH4/c1-16-5-10-20(13-17(16)2)30-25-27-23-14-21(22(26)15-24(23)28-25)18-6-8-19(9-7-18)29-11-3-4-12-29;1-15-3-8-19(11-16(15)2)30-24-27-22-12-20(21(26)13-23(22)28-24)17-4-6-18(7-5-17)25(14-29)9-10-25;1-12-3-5-15(7-13(12)2)28-22-25-20-9-17(18(23)10-21(20)26-22)16-6-4-14(11-27)8-19(16)24;1-13-8-9-16(10-14(13)2)25-21-23-19-11-17(15-6-4-3-5-7-15)18(22)12-20(19)24-21;2-1-3;/h5-10,13-15H,3-4,11-12H2,1-2H3,(H,27,28);3-8,11-13,29H,9-10,14H2,1-2H3,(H,27,28);3-10,27H,11H2,1-2H3,(H,25,26);3-12H,1-2H3,(H,23,24);;1H4. The van der Waals surface area contributed by atoms with Crippen molar-refractivity contribution in [3.05, 3.63) is 301 Å². The van der Waals surface area contributed by atoms with Crippen LogP contribution in [0.5, 0.6) is 47.0 Å². The molecular weight excluding hydrogens is 1540 g/mol. The fraction of sp³-hybridized carbons (Fsp3) is 0.189. The minimum atomic E-state index is -0.449. The summed E-state index contributed by atoms with van der Waals surface area (Å²) in [6.07, 6.45) is 4.89. The molecule has 1 aliphatic carbocycles. The van der Waals surface area contributed by atoms with E-state index in [9.17, 15) is 13.9 Å². The van der Waals surface area contributed by atoms with Gasteiger partial charge >= 0.3 is 6.15 Å². The second-order valence-electron chi connectivity index (χ2n) is 29.1. The van der Waals surface area contributed by atoms with Gasteiger partial charge in [-0.25, -0.2) is 8.78 Å². The van der Waals surface area contributed by atoms with Gasteiger partial charge in [0.15, 0.2) is 0 Å². The Labute approximate surface area is 691 Å². The normalized spacial score (nSPS) is 12.5. The average molecular weight is 1630 g/mol. The second kappa shape index (κ2) is 36.2. The molecule has 0 atom stereocenters. The van der Waals surface area contributed by atoms with Gasteiger partial charge in [0.2, 0.25) is 0 Å². The van der Waals surface area contributed by atoms with Gasteiger partial charge in [-0.2, -0.15) is 29.5 Å². The first-order valence-corrected chi connectivity index (χ1v) is 38.9. The van der Waals surface area contributed by atoms with E-state index in [-0.39, 0.29) is 38.0 Å². The Morgan fingerprint density at radius 3 is 1.12 bits per heavy atom. The van der Waals surface area contributed by atoms with Crippen LogP contribution in [-0.2, 0) is 21.6 Å². The number of ether oxygens (including phenoxy) is 4. The number of nitrogens with zero attached hydrogens (tertiary/aromatic N) is 5. The number of aromatic nitrogens is 8. The molecule has 594 valence electrons. The number of fused-ring (bicyclic) bond motifs is 4. The third kappa shape index (κ3) is 19.2. The van der Waals surface area contributed by atoms with Crippen LogP contribution in [0.4, 0.5) is 14.5 Å². The number of aliphatic hydroxyl groups is 2. The highest BCUT2D eigenvalue weighted by Crippen LogP contribution is 2.48. The first-order chi connectivity index (χ1) is 56.0. The third-order valence-electron chi connectivity index (χ3n) is 21.2. The molecule has 0 amide bonds. The SMILES string of the molecule is C.Cc1ccc(Oc2nc3cc(-c4ccc(C5(CO)CC5)cc4)c(Cl)cc3[nH]2)cc1C.Cc1ccc(Oc2nc3cc(-c4ccc(CO)cc4F)c(Cl)cc3[nH]2)cc1C.Cc1ccc(Oc2nc3cc(-c4ccc(N5CCCC5)cc4)c(Cl)cc3[nH]2)cc1C.Cc1ccc(Oc2nc3cc(-c4ccccc4)c(F)cc3[nH]2)cc1C.O=C=O. The van der Waals surface area contributed by atoms with Crippen LogP contribution in [0.3, 0.4) is 0 Å². The van der Waals surface area contributed by atoms with Gasteiger partial charge in [-0.1, -0.05) is 145 Å². The zero-order valence-corrected chi connectivity index (χ0v) is 67.2. The van der Waals surface area contributed by atoms with Crippen molar-refractivity contribution in [2.45, 2.75) is 101 Å². The summed E-state index contributed by atoms with van der Waals surface area (Å²) in [5.41, 5.74) is 24.5. The number of carbonyl (C=O) groups excluding carboxylic acids is 2. The number of imidazole rings is 4. The van der Waals surface area contributed by atoms with E-state index in [4.69, 9.17) is 68.4 Å². The van der Waals surface area contributed by atoms with Crippen molar-refractivity contribution in [3.8, 4) is 91.5 Å². The zero-order valence-electron chi connectivity index (χ0n) is 64.9. The molecule has 4 aromatic heterocycles. The van der Waals surface area contributed by atoms with E-state index in [1.54, 1.807) is 30.3 Å². The molecule has 22 heteroatoms. The molecule has 16 aromatic rings. The van der Waals surface area contributed by atoms with Crippen molar-refractivity contribution in [2.24, 2.45) is 0 Å². The predicted molar refractivity (Wildman–Crippen MR) is 462 cm³/mol. The highest BCUT2D eigenvalue weighted by molar-refractivity contribution is 6.35. The largest absolute Gasteiger partial charge is 0.426 e. The maximum absolute atomic E-state index is 14.5. The van der Waals surface area contributed by atoms with Crippen molar-refractivity contribution >= 4 is 90.8 Å². The van der Waals surface area contributed by atoms with Gasteiger partial charge < -0.3 is 54.0 Å². The average Bonchev–Trinajstić information content (AvgIpc) is 1.54. The third-order valence-corrected chi connectivity index (χ3v) is 22.1. The highest BCUT2D eigenvalue weighted by Gasteiger charge is 2.43. The molecule has 0 radical (unpaired) electrons. The molecule has 17 nitrogen and oxygen atoms in total. The molecule has 1 aliphatic heterocycles. The van der Waals surface area contributed by atoms with Crippen LogP contribution in [-0.4, -0.2) is 75.9 Å². The first kappa shape index (κ1) is 82.5. The van der Waals surface area contributed by atoms with Gasteiger partial charge in [0, 0.05) is 58.1 Å². The van der Waals surface area contributed by atoms with Crippen LogP contribution in [0.15, 0.2) is 218 Å². The van der Waals surface area contributed by atoms with Crippen LogP contribution in [0.25, 0.3) is 88.6 Å². The quantitative estimate of drug-likeness (QED) is 0.0529. The molecule has 0 unspecified atom stereocenters. The minimum absolute atomic E-state index is 0. The summed E-state index contributed by atoms with van der Waals surface area (Å²) in [6.45, 7) is 18.7. The van der Waals surface area contributed by atoms with Crippen molar-refractivity contribution in [3.63, 3.8) is 0 Å². The van der Waals surface area contributed by atoms with Crippen LogP contribution in [0.1, 0.15) is 88.7 Å². The topological polar surface area (TPSA) is 229 Å².